The first-order valence-corrected chi connectivity index (χ1v) is 7.25. The monoisotopic (exact) mass is 326 g/mol. The molecule has 0 bridgehead atoms. The van der Waals surface area contributed by atoms with Gasteiger partial charge in [0, 0.05) is 6.07 Å². The minimum Gasteiger partial charge on any atom is -0.393 e. The fourth-order valence-corrected chi connectivity index (χ4v) is 4.09. The molecule has 1 spiro atoms. The highest BCUT2D eigenvalue weighted by Crippen LogP contribution is 2.40. The molecule has 1 aromatic heterocycles. The second-order valence-electron chi connectivity index (χ2n) is 5.31. The van der Waals surface area contributed by atoms with Gasteiger partial charge >= 0.3 is 0 Å². The molecule has 1 aromatic rings. The molecule has 1 aliphatic carbocycles. The smallest absolute Gasteiger partial charge is 0.270 e. The van der Waals surface area contributed by atoms with E-state index >= 15 is 0 Å². The normalized spacial score (nSPS) is 33.3. The van der Waals surface area contributed by atoms with Crippen molar-refractivity contribution in [3.63, 3.8) is 0 Å². The van der Waals surface area contributed by atoms with E-state index in [0.717, 1.165) is 5.56 Å². The highest BCUT2D eigenvalue weighted by atomic mass is 79.9. The van der Waals surface area contributed by atoms with Crippen LogP contribution in [0.4, 0.5) is 0 Å². The van der Waals surface area contributed by atoms with Crippen LogP contribution in [0, 0.1) is 6.92 Å². The van der Waals surface area contributed by atoms with Crippen LogP contribution in [0.25, 0.3) is 0 Å². The first-order chi connectivity index (χ1) is 8.95. The summed E-state index contributed by atoms with van der Waals surface area (Å²) in [5, 5.41) is 12.7. The van der Waals surface area contributed by atoms with Gasteiger partial charge in [-0.2, -0.15) is 0 Å². The molecular weight excluding hydrogens is 312 g/mol. The lowest BCUT2D eigenvalue weighted by molar-refractivity contribution is 0.0596. The number of aromatic nitrogens is 1. The molecule has 5 nitrogen and oxygen atoms in total. The lowest BCUT2D eigenvalue weighted by Crippen LogP contribution is -2.56. The predicted octanol–water partition coefficient (Wildman–Crippen LogP) is 0.861. The molecule has 19 heavy (non-hydrogen) atoms. The molecule has 1 amide bonds. The van der Waals surface area contributed by atoms with Crippen LogP contribution >= 0.6 is 15.9 Å². The summed E-state index contributed by atoms with van der Waals surface area (Å²) in [4.78, 5) is 24.2. The summed E-state index contributed by atoms with van der Waals surface area (Å²) in [5.41, 5.74) is 0.308. The maximum Gasteiger partial charge on any atom is 0.270 e. The molecule has 2 N–H and O–H groups in total. The summed E-state index contributed by atoms with van der Waals surface area (Å²) in [6.07, 6.45) is 1.24. The zero-order valence-corrected chi connectivity index (χ0v) is 12.1. The van der Waals surface area contributed by atoms with E-state index in [4.69, 9.17) is 0 Å². The molecule has 1 saturated carbocycles. The summed E-state index contributed by atoms with van der Waals surface area (Å²) < 4.78 is 1.57. The zero-order chi connectivity index (χ0) is 13.8. The van der Waals surface area contributed by atoms with E-state index in [2.05, 4.69) is 21.2 Å². The fraction of sp³-hybridized carbons (Fsp3) is 0.538. The number of nitrogens with zero attached hydrogens (tertiary/aromatic N) is 1. The van der Waals surface area contributed by atoms with Crippen molar-refractivity contribution >= 4 is 21.8 Å². The highest BCUT2D eigenvalue weighted by molar-refractivity contribution is 9.09. The van der Waals surface area contributed by atoms with Crippen molar-refractivity contribution in [2.45, 2.75) is 42.8 Å². The van der Waals surface area contributed by atoms with Gasteiger partial charge in [0.05, 0.1) is 10.9 Å². The van der Waals surface area contributed by atoms with E-state index < -0.39 is 11.8 Å². The van der Waals surface area contributed by atoms with Gasteiger partial charge in [0.2, 0.25) is 0 Å². The number of carbonyl (C=O) groups is 1. The van der Waals surface area contributed by atoms with Crippen molar-refractivity contribution in [3.05, 3.63) is 33.7 Å². The first kappa shape index (κ1) is 12.9. The topological polar surface area (TPSA) is 71.3 Å². The quantitative estimate of drug-likeness (QED) is 0.695. The van der Waals surface area contributed by atoms with Gasteiger partial charge in [-0.1, -0.05) is 22.0 Å². The number of fused-ring (bicyclic) bond motifs is 2. The van der Waals surface area contributed by atoms with Crippen molar-refractivity contribution < 1.29 is 9.90 Å². The Hall–Kier alpha value is -1.14. The number of aliphatic hydroxyl groups excluding tert-OH is 1. The molecule has 2 aliphatic rings. The van der Waals surface area contributed by atoms with Crippen molar-refractivity contribution in [3.8, 4) is 0 Å². The molecule has 1 aliphatic heterocycles. The van der Waals surface area contributed by atoms with Gasteiger partial charge in [0.1, 0.15) is 11.4 Å². The molecule has 2 heterocycles. The minimum absolute atomic E-state index is 0.159. The summed E-state index contributed by atoms with van der Waals surface area (Å²) in [6.45, 7) is 1.82. The van der Waals surface area contributed by atoms with Gasteiger partial charge in [0.15, 0.2) is 0 Å². The third-order valence-corrected chi connectivity index (χ3v) is 5.22. The highest BCUT2D eigenvalue weighted by Gasteiger charge is 2.51. The Balaban J connectivity index is 2.22. The van der Waals surface area contributed by atoms with Crippen LogP contribution in [0.5, 0.6) is 0 Å². The number of aliphatic hydroxyl groups is 1. The number of pyridine rings is 1. The number of carbonyl (C=O) groups excluding carboxylic acids is 1. The Bertz CT molecular complexity index is 612. The Morgan fingerprint density at radius 2 is 2.21 bits per heavy atom. The lowest BCUT2D eigenvalue weighted by Gasteiger charge is -2.41. The Labute approximate surface area is 118 Å². The number of hydrogen-bond donors (Lipinski definition) is 2. The molecule has 6 heteroatoms. The molecule has 3 atom stereocenters. The summed E-state index contributed by atoms with van der Waals surface area (Å²) in [5.74, 6) is -0.212. The van der Waals surface area contributed by atoms with Gasteiger partial charge in [-0.3, -0.25) is 14.2 Å². The summed E-state index contributed by atoms with van der Waals surface area (Å²) in [7, 11) is 0. The van der Waals surface area contributed by atoms with Crippen molar-refractivity contribution in [2.75, 3.05) is 0 Å². The molecule has 0 radical (unpaired) electrons. The number of halogens is 1. The predicted molar refractivity (Wildman–Crippen MR) is 73.5 cm³/mol. The van der Waals surface area contributed by atoms with Gasteiger partial charge in [0.25, 0.3) is 11.5 Å². The van der Waals surface area contributed by atoms with Crippen molar-refractivity contribution in [2.24, 2.45) is 0 Å². The van der Waals surface area contributed by atoms with E-state index in [1.54, 1.807) is 10.6 Å². The Morgan fingerprint density at radius 1 is 1.47 bits per heavy atom. The van der Waals surface area contributed by atoms with Crippen LogP contribution < -0.4 is 10.9 Å². The maximum absolute atomic E-state index is 12.2. The molecule has 102 valence electrons. The van der Waals surface area contributed by atoms with Crippen molar-refractivity contribution in [1.29, 1.82) is 0 Å². The summed E-state index contributed by atoms with van der Waals surface area (Å²) in [6, 6.07) is 3.17. The van der Waals surface area contributed by atoms with E-state index in [1.807, 2.05) is 6.92 Å². The van der Waals surface area contributed by atoms with E-state index in [1.165, 1.54) is 6.07 Å². The Kier molecular flexibility index (Phi) is 2.83. The number of alkyl halides is 1. The van der Waals surface area contributed by atoms with Crippen LogP contribution in [0.15, 0.2) is 16.9 Å². The number of hydrogen-bond acceptors (Lipinski definition) is 3. The van der Waals surface area contributed by atoms with Crippen LogP contribution in [-0.4, -0.2) is 26.5 Å². The van der Waals surface area contributed by atoms with Crippen molar-refractivity contribution in [1.82, 2.24) is 9.88 Å². The van der Waals surface area contributed by atoms with E-state index in [-0.39, 0.29) is 16.3 Å². The molecular formula is C13H15BrN2O3. The second kappa shape index (κ2) is 4.18. The average Bonchev–Trinajstić information content (AvgIpc) is 2.65. The molecule has 0 aromatic carbocycles. The van der Waals surface area contributed by atoms with E-state index in [9.17, 15) is 14.7 Å². The van der Waals surface area contributed by atoms with Crippen LogP contribution in [-0.2, 0) is 5.66 Å². The molecule has 3 rings (SSSR count). The van der Waals surface area contributed by atoms with Gasteiger partial charge in [-0.05, 0) is 31.7 Å². The van der Waals surface area contributed by atoms with E-state index in [0.29, 0.717) is 25.0 Å². The average molecular weight is 327 g/mol. The number of amides is 1. The third kappa shape index (κ3) is 1.70. The maximum atomic E-state index is 12.2. The molecule has 1 fully saturated rings. The van der Waals surface area contributed by atoms with Gasteiger partial charge in [-0.25, -0.2) is 0 Å². The number of rotatable bonds is 0. The molecule has 3 unspecified atom stereocenters. The fourth-order valence-electron chi connectivity index (χ4n) is 3.11. The first-order valence-electron chi connectivity index (χ1n) is 6.33. The minimum atomic E-state index is -0.741. The second-order valence-corrected chi connectivity index (χ2v) is 6.42. The zero-order valence-electron chi connectivity index (χ0n) is 10.5. The SMILES string of the molecule is Cc1ccc(=O)n2c1C(=O)NC21CCC(O)CC1Br. The van der Waals surface area contributed by atoms with Crippen LogP contribution in [0.2, 0.25) is 0 Å². The molecule has 0 saturated heterocycles. The number of aryl methyl sites for hydroxylation is 1. The van der Waals surface area contributed by atoms with Crippen LogP contribution in [0.3, 0.4) is 0 Å². The lowest BCUT2D eigenvalue weighted by atomic mass is 9.87. The summed E-state index contributed by atoms with van der Waals surface area (Å²) >= 11 is 3.53. The largest absolute Gasteiger partial charge is 0.393 e. The number of nitrogens with one attached hydrogen (secondary N) is 1. The van der Waals surface area contributed by atoms with Crippen LogP contribution in [0.1, 0.15) is 35.3 Å². The van der Waals surface area contributed by atoms with Gasteiger partial charge < -0.3 is 10.4 Å². The van der Waals surface area contributed by atoms with Gasteiger partial charge in [-0.15, -0.1) is 0 Å². The Morgan fingerprint density at radius 3 is 2.89 bits per heavy atom. The third-order valence-electron chi connectivity index (χ3n) is 4.09. The standard InChI is InChI=1S/C13H15BrN2O3/c1-7-2-3-10(18)16-11(7)12(19)15-13(16)5-4-8(17)6-9(13)14/h2-3,8-9,17H,4-6H2,1H3,(H,15,19).